The molecule has 0 aliphatic heterocycles. The Hall–Kier alpha value is -0.120. The van der Waals surface area contributed by atoms with E-state index in [0.29, 0.717) is 12.6 Å². The summed E-state index contributed by atoms with van der Waals surface area (Å²) >= 11 is 0. The zero-order valence-electron chi connectivity index (χ0n) is 10.1. The smallest absolute Gasteiger partial charge is 0.0443 e. The maximum Gasteiger partial charge on any atom is 0.0443 e. The van der Waals surface area contributed by atoms with E-state index in [1.54, 1.807) is 0 Å². The van der Waals surface area contributed by atoms with Crippen molar-refractivity contribution in [2.75, 3.05) is 19.7 Å². The fraction of sp³-hybridized carbons (Fsp3) is 1.00. The van der Waals surface area contributed by atoms with Gasteiger partial charge in [0.05, 0.1) is 0 Å². The lowest BCUT2D eigenvalue weighted by Gasteiger charge is -2.00. The zero-order chi connectivity index (χ0) is 11.2. The number of nitrogens with two attached hydrogens (primary N) is 1. The molecule has 88 valence electrons. The molecule has 0 spiro atoms. The summed E-state index contributed by atoms with van der Waals surface area (Å²) in [6.07, 6.45) is 4.74. The van der Waals surface area contributed by atoms with E-state index in [9.17, 15) is 0 Å². The standard InChI is InChI=1S/C8H19NO.C3H9N/c1-2-3-4-6-9-7-5-8-10;1-3(2)4/h9-10H,2-8H2,1H3;3H,4H2,1-2H3. The zero-order valence-corrected chi connectivity index (χ0v) is 10.1. The number of hydrogen-bond acceptors (Lipinski definition) is 3. The van der Waals surface area contributed by atoms with Crippen molar-refractivity contribution < 1.29 is 5.11 Å². The minimum atomic E-state index is 0.306. The topological polar surface area (TPSA) is 58.3 Å². The number of hydrogen-bond donors (Lipinski definition) is 3. The van der Waals surface area contributed by atoms with Gasteiger partial charge in [0, 0.05) is 6.61 Å². The van der Waals surface area contributed by atoms with Crippen LogP contribution >= 0.6 is 0 Å². The molecule has 0 aliphatic rings. The van der Waals surface area contributed by atoms with Crippen molar-refractivity contribution in [2.45, 2.75) is 52.5 Å². The highest BCUT2D eigenvalue weighted by molar-refractivity contribution is 4.46. The van der Waals surface area contributed by atoms with Crippen LogP contribution in [0.1, 0.15) is 46.5 Å². The van der Waals surface area contributed by atoms with Crippen LogP contribution in [-0.4, -0.2) is 30.8 Å². The Morgan fingerprint density at radius 2 is 1.64 bits per heavy atom. The fourth-order valence-corrected chi connectivity index (χ4v) is 0.829. The van der Waals surface area contributed by atoms with Crippen LogP contribution in [0.5, 0.6) is 0 Å². The number of aliphatic hydroxyl groups is 1. The lowest BCUT2D eigenvalue weighted by atomic mass is 10.2. The summed E-state index contributed by atoms with van der Waals surface area (Å²) in [6, 6.07) is 0.333. The van der Waals surface area contributed by atoms with E-state index in [1.807, 2.05) is 13.8 Å². The van der Waals surface area contributed by atoms with Gasteiger partial charge in [-0.1, -0.05) is 33.6 Å². The molecule has 0 rings (SSSR count). The first-order valence-electron chi connectivity index (χ1n) is 5.72. The lowest BCUT2D eigenvalue weighted by Crippen LogP contribution is -2.17. The second-order valence-corrected chi connectivity index (χ2v) is 3.78. The van der Waals surface area contributed by atoms with Crippen LogP contribution in [0.15, 0.2) is 0 Å². The number of aliphatic hydroxyl groups excluding tert-OH is 1. The van der Waals surface area contributed by atoms with Gasteiger partial charge in [0.25, 0.3) is 0 Å². The SMILES string of the molecule is CC(C)N.CCCCCNCCCO. The van der Waals surface area contributed by atoms with Crippen molar-refractivity contribution >= 4 is 0 Å². The van der Waals surface area contributed by atoms with Crippen LogP contribution < -0.4 is 11.1 Å². The molecule has 0 saturated carbocycles. The van der Waals surface area contributed by atoms with Crippen LogP contribution in [0.4, 0.5) is 0 Å². The summed E-state index contributed by atoms with van der Waals surface area (Å²) in [4.78, 5) is 0. The number of unbranched alkanes of at least 4 members (excludes halogenated alkanes) is 2. The van der Waals surface area contributed by atoms with Crippen molar-refractivity contribution in [2.24, 2.45) is 5.73 Å². The highest BCUT2D eigenvalue weighted by Crippen LogP contribution is 1.90. The monoisotopic (exact) mass is 204 g/mol. The van der Waals surface area contributed by atoms with Crippen molar-refractivity contribution in [3.8, 4) is 0 Å². The fourth-order valence-electron chi connectivity index (χ4n) is 0.829. The van der Waals surface area contributed by atoms with Crippen LogP contribution in [0, 0.1) is 0 Å². The van der Waals surface area contributed by atoms with E-state index in [2.05, 4.69) is 12.2 Å². The first-order chi connectivity index (χ1) is 6.65. The van der Waals surface area contributed by atoms with Gasteiger partial charge in [-0.3, -0.25) is 0 Å². The Morgan fingerprint density at radius 3 is 2.07 bits per heavy atom. The van der Waals surface area contributed by atoms with Gasteiger partial charge in [-0.05, 0) is 32.0 Å². The maximum atomic E-state index is 8.43. The highest BCUT2D eigenvalue weighted by atomic mass is 16.3. The largest absolute Gasteiger partial charge is 0.396 e. The molecule has 4 N–H and O–H groups in total. The van der Waals surface area contributed by atoms with Gasteiger partial charge in [-0.15, -0.1) is 0 Å². The van der Waals surface area contributed by atoms with Crippen LogP contribution in [0.2, 0.25) is 0 Å². The molecule has 0 amide bonds. The van der Waals surface area contributed by atoms with Crippen LogP contribution in [0.25, 0.3) is 0 Å². The van der Waals surface area contributed by atoms with Crippen molar-refractivity contribution in [3.63, 3.8) is 0 Å². The molecule has 0 fully saturated rings. The molecule has 0 bridgehead atoms. The van der Waals surface area contributed by atoms with Gasteiger partial charge in [-0.25, -0.2) is 0 Å². The Labute approximate surface area is 89.1 Å². The molecule has 0 aromatic heterocycles. The number of nitrogens with one attached hydrogen (secondary N) is 1. The molecule has 0 saturated heterocycles. The molecule has 3 nitrogen and oxygen atoms in total. The van der Waals surface area contributed by atoms with E-state index >= 15 is 0 Å². The lowest BCUT2D eigenvalue weighted by molar-refractivity contribution is 0.286. The minimum Gasteiger partial charge on any atom is -0.396 e. The van der Waals surface area contributed by atoms with E-state index in [1.165, 1.54) is 19.3 Å². The predicted molar refractivity (Wildman–Crippen MR) is 63.4 cm³/mol. The molecule has 3 heteroatoms. The van der Waals surface area contributed by atoms with Crippen molar-refractivity contribution in [3.05, 3.63) is 0 Å². The third kappa shape index (κ3) is 29.7. The quantitative estimate of drug-likeness (QED) is 0.551. The summed E-state index contributed by atoms with van der Waals surface area (Å²) in [5, 5.41) is 11.7. The van der Waals surface area contributed by atoms with Crippen LogP contribution in [0.3, 0.4) is 0 Å². The average molecular weight is 204 g/mol. The Morgan fingerprint density at radius 1 is 1.14 bits per heavy atom. The second kappa shape index (κ2) is 15.4. The maximum absolute atomic E-state index is 8.43. The highest BCUT2D eigenvalue weighted by Gasteiger charge is 1.85. The van der Waals surface area contributed by atoms with E-state index in [-0.39, 0.29) is 0 Å². The Balaban J connectivity index is 0. The van der Waals surface area contributed by atoms with Gasteiger partial charge in [0.2, 0.25) is 0 Å². The minimum absolute atomic E-state index is 0.306. The molecule has 0 aromatic carbocycles. The van der Waals surface area contributed by atoms with Crippen LogP contribution in [-0.2, 0) is 0 Å². The molecular formula is C11H28N2O. The third-order valence-corrected chi connectivity index (χ3v) is 1.47. The van der Waals surface area contributed by atoms with E-state index < -0.39 is 0 Å². The summed E-state index contributed by atoms with van der Waals surface area (Å²) in [5.74, 6) is 0. The molecule has 0 aliphatic carbocycles. The predicted octanol–water partition coefficient (Wildman–Crippen LogP) is 1.50. The molecule has 0 atom stereocenters. The molecule has 0 unspecified atom stereocenters. The van der Waals surface area contributed by atoms with Gasteiger partial charge in [-0.2, -0.15) is 0 Å². The van der Waals surface area contributed by atoms with Crippen molar-refractivity contribution in [1.82, 2.24) is 5.32 Å². The first-order valence-corrected chi connectivity index (χ1v) is 5.72. The Bertz CT molecular complexity index is 76.6. The number of rotatable bonds is 7. The molecule has 0 aromatic rings. The summed E-state index contributed by atoms with van der Waals surface area (Å²) in [6.45, 7) is 8.46. The van der Waals surface area contributed by atoms with Gasteiger partial charge in [0.15, 0.2) is 0 Å². The molecule has 14 heavy (non-hydrogen) atoms. The molecular weight excluding hydrogens is 176 g/mol. The normalized spacial score (nSPS) is 9.86. The summed E-state index contributed by atoms with van der Waals surface area (Å²) < 4.78 is 0. The van der Waals surface area contributed by atoms with Crippen molar-refractivity contribution in [1.29, 1.82) is 0 Å². The average Bonchev–Trinajstić information content (AvgIpc) is 2.10. The van der Waals surface area contributed by atoms with E-state index in [0.717, 1.165) is 19.5 Å². The third-order valence-electron chi connectivity index (χ3n) is 1.47. The first kappa shape index (κ1) is 16.3. The van der Waals surface area contributed by atoms with E-state index in [4.69, 9.17) is 10.8 Å². The van der Waals surface area contributed by atoms with Gasteiger partial charge >= 0.3 is 0 Å². The second-order valence-electron chi connectivity index (χ2n) is 3.78. The molecule has 0 heterocycles. The van der Waals surface area contributed by atoms with Gasteiger partial charge in [0.1, 0.15) is 0 Å². The van der Waals surface area contributed by atoms with Gasteiger partial charge < -0.3 is 16.2 Å². The summed E-state index contributed by atoms with van der Waals surface area (Å²) in [7, 11) is 0. The molecule has 0 radical (unpaired) electrons. The summed E-state index contributed by atoms with van der Waals surface area (Å²) in [5.41, 5.74) is 5.11. The Kier molecular flexibility index (Phi) is 17.9.